The summed E-state index contributed by atoms with van der Waals surface area (Å²) in [7, 11) is -2.57. The lowest BCUT2D eigenvalue weighted by Gasteiger charge is -2.19. The van der Waals surface area contributed by atoms with Crippen molar-refractivity contribution in [2.45, 2.75) is 18.7 Å². The maximum atomic E-state index is 12.9. The van der Waals surface area contributed by atoms with Gasteiger partial charge in [-0.05, 0) is 79.1 Å². The van der Waals surface area contributed by atoms with Gasteiger partial charge in [0.25, 0.3) is 0 Å². The molecule has 0 aromatic heterocycles. The van der Waals surface area contributed by atoms with Gasteiger partial charge in [0.1, 0.15) is 4.90 Å². The molecular formula is C28H26N2O4S. The van der Waals surface area contributed by atoms with E-state index in [4.69, 9.17) is 8.92 Å². The zero-order valence-electron chi connectivity index (χ0n) is 19.8. The van der Waals surface area contributed by atoms with Crippen LogP contribution in [0.15, 0.2) is 107 Å². The smallest absolute Gasteiger partial charge is 0.339 e. The topological polar surface area (TPSA) is 68.2 Å². The van der Waals surface area contributed by atoms with Crippen molar-refractivity contribution in [3.8, 4) is 11.5 Å². The first-order valence-corrected chi connectivity index (χ1v) is 12.4. The number of methoxy groups -OCH3 is 1. The predicted molar refractivity (Wildman–Crippen MR) is 139 cm³/mol. The van der Waals surface area contributed by atoms with Crippen LogP contribution < -0.4 is 13.9 Å². The van der Waals surface area contributed by atoms with E-state index in [2.05, 4.69) is 5.10 Å². The molecule has 0 spiro atoms. The van der Waals surface area contributed by atoms with Crippen LogP contribution in [0.5, 0.6) is 11.5 Å². The molecule has 0 aliphatic carbocycles. The predicted octanol–water partition coefficient (Wildman–Crippen LogP) is 6.25. The van der Waals surface area contributed by atoms with E-state index in [1.807, 2.05) is 78.7 Å². The summed E-state index contributed by atoms with van der Waals surface area (Å²) < 4.78 is 36.8. The molecule has 0 unspecified atom stereocenters. The zero-order chi connectivity index (χ0) is 24.8. The molecule has 0 aliphatic heterocycles. The summed E-state index contributed by atoms with van der Waals surface area (Å²) in [6.07, 6.45) is 1.69. The van der Waals surface area contributed by atoms with E-state index in [1.165, 1.54) is 7.11 Å². The lowest BCUT2D eigenvalue weighted by atomic mass is 10.2. The SMILES string of the molecule is COc1cc(/C=N\N(c2ccccc2)c2ccccc2)ccc1OS(=O)(=O)c1cc(C)ccc1C. The second kappa shape index (κ2) is 10.4. The van der Waals surface area contributed by atoms with Crippen LogP contribution in [0.4, 0.5) is 11.4 Å². The van der Waals surface area contributed by atoms with Crippen LogP contribution >= 0.6 is 0 Å². The number of benzene rings is 4. The molecule has 0 amide bonds. The number of aryl methyl sites for hydroxylation is 2. The summed E-state index contributed by atoms with van der Waals surface area (Å²) >= 11 is 0. The van der Waals surface area contributed by atoms with Gasteiger partial charge in [-0.2, -0.15) is 13.5 Å². The van der Waals surface area contributed by atoms with Crippen molar-refractivity contribution in [1.29, 1.82) is 0 Å². The number of nitrogens with zero attached hydrogens (tertiary/aromatic N) is 2. The Kier molecular flexibility index (Phi) is 7.17. The second-order valence-electron chi connectivity index (χ2n) is 7.94. The molecule has 0 atom stereocenters. The van der Waals surface area contributed by atoms with Crippen LogP contribution in [-0.4, -0.2) is 21.7 Å². The van der Waals surface area contributed by atoms with E-state index in [9.17, 15) is 8.42 Å². The van der Waals surface area contributed by atoms with Crippen LogP contribution in [0.25, 0.3) is 0 Å². The Labute approximate surface area is 206 Å². The van der Waals surface area contributed by atoms with Crippen molar-refractivity contribution in [3.05, 3.63) is 114 Å². The van der Waals surface area contributed by atoms with Crippen LogP contribution in [0.1, 0.15) is 16.7 Å². The van der Waals surface area contributed by atoms with Crippen LogP contribution in [0.2, 0.25) is 0 Å². The second-order valence-corrected chi connectivity index (χ2v) is 9.46. The van der Waals surface area contributed by atoms with Gasteiger partial charge < -0.3 is 8.92 Å². The molecule has 0 saturated carbocycles. The van der Waals surface area contributed by atoms with Crippen molar-refractivity contribution >= 4 is 27.7 Å². The highest BCUT2D eigenvalue weighted by Crippen LogP contribution is 2.32. The van der Waals surface area contributed by atoms with E-state index in [0.29, 0.717) is 5.56 Å². The molecule has 35 heavy (non-hydrogen) atoms. The number of hydrogen-bond acceptors (Lipinski definition) is 6. The number of rotatable bonds is 8. The maximum absolute atomic E-state index is 12.9. The first-order chi connectivity index (χ1) is 16.9. The number of hydrazone groups is 1. The van der Waals surface area contributed by atoms with E-state index in [1.54, 1.807) is 43.5 Å². The van der Waals surface area contributed by atoms with Gasteiger partial charge >= 0.3 is 10.1 Å². The summed E-state index contributed by atoms with van der Waals surface area (Å²) in [6.45, 7) is 3.57. The number of para-hydroxylation sites is 2. The number of anilines is 2. The molecule has 6 nitrogen and oxygen atoms in total. The van der Waals surface area contributed by atoms with Gasteiger partial charge in [0.2, 0.25) is 0 Å². The van der Waals surface area contributed by atoms with Crippen molar-refractivity contribution in [3.63, 3.8) is 0 Å². The van der Waals surface area contributed by atoms with Gasteiger partial charge in [-0.15, -0.1) is 0 Å². The van der Waals surface area contributed by atoms with Crippen molar-refractivity contribution in [1.82, 2.24) is 0 Å². The summed E-state index contributed by atoms with van der Waals surface area (Å²) in [5.41, 5.74) is 3.97. The molecule has 7 heteroatoms. The van der Waals surface area contributed by atoms with E-state index < -0.39 is 10.1 Å². The van der Waals surface area contributed by atoms with Gasteiger partial charge in [0.15, 0.2) is 11.5 Å². The minimum Gasteiger partial charge on any atom is -0.493 e. The van der Waals surface area contributed by atoms with Gasteiger partial charge in [-0.25, -0.2) is 5.01 Å². The maximum Gasteiger partial charge on any atom is 0.339 e. The monoisotopic (exact) mass is 486 g/mol. The highest BCUT2D eigenvalue weighted by atomic mass is 32.2. The zero-order valence-corrected chi connectivity index (χ0v) is 20.6. The molecule has 0 aliphatic rings. The van der Waals surface area contributed by atoms with Crippen molar-refractivity contribution < 1.29 is 17.3 Å². The largest absolute Gasteiger partial charge is 0.493 e. The Balaban J connectivity index is 1.63. The summed E-state index contributed by atoms with van der Waals surface area (Å²) in [5, 5.41) is 6.50. The van der Waals surface area contributed by atoms with E-state index in [0.717, 1.165) is 22.5 Å². The highest BCUT2D eigenvalue weighted by molar-refractivity contribution is 7.87. The van der Waals surface area contributed by atoms with Gasteiger partial charge in [-0.1, -0.05) is 48.5 Å². The third-order valence-corrected chi connectivity index (χ3v) is 6.70. The normalized spacial score (nSPS) is 11.4. The third-order valence-electron chi connectivity index (χ3n) is 5.32. The Morgan fingerprint density at radius 2 is 1.40 bits per heavy atom. The standard InChI is InChI=1S/C28H26N2O4S/c1-21-14-15-22(2)28(18-21)35(31,32)34-26-17-16-23(19-27(26)33-3)20-29-30(24-10-6-4-7-11-24)25-12-8-5-9-13-25/h4-20H,1-3H3/b29-20-. The van der Waals surface area contributed by atoms with E-state index >= 15 is 0 Å². The Morgan fingerprint density at radius 1 is 0.771 bits per heavy atom. The first-order valence-electron chi connectivity index (χ1n) is 11.0. The molecule has 0 fully saturated rings. The fourth-order valence-corrected chi connectivity index (χ4v) is 4.77. The molecule has 0 saturated heterocycles. The fourth-order valence-electron chi connectivity index (χ4n) is 3.52. The van der Waals surface area contributed by atoms with E-state index in [-0.39, 0.29) is 16.4 Å². The quantitative estimate of drug-likeness (QED) is 0.167. The lowest BCUT2D eigenvalue weighted by Crippen LogP contribution is -2.12. The Morgan fingerprint density at radius 3 is 2.00 bits per heavy atom. The van der Waals surface area contributed by atoms with Crippen LogP contribution in [-0.2, 0) is 10.1 Å². The molecule has 0 radical (unpaired) electrons. The van der Waals surface area contributed by atoms with Gasteiger partial charge in [0.05, 0.1) is 24.7 Å². The summed E-state index contributed by atoms with van der Waals surface area (Å²) in [4.78, 5) is 0.131. The van der Waals surface area contributed by atoms with Crippen LogP contribution in [0.3, 0.4) is 0 Å². The number of hydrogen-bond donors (Lipinski definition) is 0. The Hall–Kier alpha value is -4.10. The Bertz CT molecular complexity index is 1400. The molecular weight excluding hydrogens is 460 g/mol. The highest BCUT2D eigenvalue weighted by Gasteiger charge is 2.21. The summed E-state index contributed by atoms with van der Waals surface area (Å²) in [6, 6.07) is 29.8. The first kappa shape index (κ1) is 24.0. The summed E-state index contributed by atoms with van der Waals surface area (Å²) in [5.74, 6) is 0.391. The van der Waals surface area contributed by atoms with Gasteiger partial charge in [-0.3, -0.25) is 0 Å². The van der Waals surface area contributed by atoms with Gasteiger partial charge in [0, 0.05) is 0 Å². The number of ether oxygens (including phenoxy) is 1. The minimum absolute atomic E-state index is 0.105. The molecule has 4 rings (SSSR count). The molecule has 0 heterocycles. The molecule has 4 aromatic rings. The van der Waals surface area contributed by atoms with Crippen LogP contribution in [0, 0.1) is 13.8 Å². The minimum atomic E-state index is -4.03. The third kappa shape index (κ3) is 5.70. The molecule has 0 bridgehead atoms. The average molecular weight is 487 g/mol. The molecule has 4 aromatic carbocycles. The fraction of sp³-hybridized carbons (Fsp3) is 0.107. The van der Waals surface area contributed by atoms with Crippen molar-refractivity contribution in [2.24, 2.45) is 5.10 Å². The van der Waals surface area contributed by atoms with Crippen molar-refractivity contribution in [2.75, 3.05) is 12.1 Å². The lowest BCUT2D eigenvalue weighted by molar-refractivity contribution is 0.390. The molecule has 0 N–H and O–H groups in total. The molecule has 178 valence electrons. The average Bonchev–Trinajstić information content (AvgIpc) is 2.87.